The highest BCUT2D eigenvalue weighted by Gasteiger charge is 2.36. The molecule has 0 amide bonds. The van der Waals surface area contributed by atoms with Crippen molar-refractivity contribution in [2.45, 2.75) is 11.4 Å². The van der Waals surface area contributed by atoms with E-state index in [0.717, 1.165) is 7.11 Å². The third-order valence-electron chi connectivity index (χ3n) is 1.79. The van der Waals surface area contributed by atoms with Gasteiger partial charge in [0.25, 0.3) is 15.9 Å². The molecule has 0 radical (unpaired) electrons. The van der Waals surface area contributed by atoms with Gasteiger partial charge in [-0.1, -0.05) is 0 Å². The lowest BCUT2D eigenvalue weighted by atomic mass is 10.4. The Balaban J connectivity index is 3.61. The molecule has 0 aliphatic rings. The van der Waals surface area contributed by atoms with E-state index >= 15 is 0 Å². The molecule has 0 unspecified atom stereocenters. The maximum Gasteiger partial charge on any atom is 0.573 e. The average molecular weight is 317 g/mol. The molecule has 9 nitrogen and oxygen atoms in total. The summed E-state index contributed by atoms with van der Waals surface area (Å²) in [4.78, 5) is 12.6. The van der Waals surface area contributed by atoms with E-state index in [1.807, 2.05) is 0 Å². The van der Waals surface area contributed by atoms with Crippen LogP contribution in [-0.4, -0.2) is 31.8 Å². The van der Waals surface area contributed by atoms with Crippen LogP contribution in [0, 0.1) is 10.1 Å². The lowest BCUT2D eigenvalue weighted by Gasteiger charge is -2.12. The van der Waals surface area contributed by atoms with Crippen LogP contribution in [0.1, 0.15) is 0 Å². The van der Waals surface area contributed by atoms with Crippen molar-refractivity contribution in [3.63, 3.8) is 0 Å². The quantitative estimate of drug-likeness (QED) is 0.632. The van der Waals surface area contributed by atoms with Gasteiger partial charge in [0.05, 0.1) is 18.1 Å². The monoisotopic (exact) mass is 317 g/mol. The SMILES string of the molecule is COc1nc(S(N)(=O)=O)c(OC(F)(F)F)cc1[N+](=O)[O-]. The van der Waals surface area contributed by atoms with Crippen molar-refractivity contribution in [1.29, 1.82) is 0 Å². The van der Waals surface area contributed by atoms with E-state index in [0.29, 0.717) is 0 Å². The second-order valence-corrected chi connectivity index (χ2v) is 4.65. The number of methoxy groups -OCH3 is 1. The van der Waals surface area contributed by atoms with Crippen LogP contribution >= 0.6 is 0 Å². The van der Waals surface area contributed by atoms with Gasteiger partial charge in [-0.3, -0.25) is 10.1 Å². The Morgan fingerprint density at radius 2 is 2.00 bits per heavy atom. The van der Waals surface area contributed by atoms with Crippen molar-refractivity contribution in [3.8, 4) is 11.6 Å². The standard InChI is InChI=1S/C7H6F3N3O6S/c1-18-5-3(13(14)15)2-4(19-7(8,9)10)6(12-5)20(11,16)17/h2H,1H3,(H2,11,16,17). The minimum absolute atomic E-state index is 0.207. The normalized spacial score (nSPS) is 12.1. The molecule has 0 atom stereocenters. The van der Waals surface area contributed by atoms with Crippen LogP contribution in [-0.2, 0) is 10.0 Å². The molecule has 1 heterocycles. The molecule has 13 heteroatoms. The van der Waals surface area contributed by atoms with E-state index in [-0.39, 0.29) is 6.07 Å². The lowest BCUT2D eigenvalue weighted by Crippen LogP contribution is -2.22. The fraction of sp³-hybridized carbons (Fsp3) is 0.286. The first-order valence-corrected chi connectivity index (χ1v) is 6.02. The third kappa shape index (κ3) is 3.67. The number of halogens is 3. The van der Waals surface area contributed by atoms with Crippen LogP contribution in [0.5, 0.6) is 11.6 Å². The zero-order valence-corrected chi connectivity index (χ0v) is 10.4. The van der Waals surface area contributed by atoms with Gasteiger partial charge in [-0.2, -0.15) is 4.98 Å². The Morgan fingerprint density at radius 3 is 2.35 bits per heavy atom. The molecule has 0 aromatic carbocycles. The van der Waals surface area contributed by atoms with Gasteiger partial charge in [-0.25, -0.2) is 13.6 Å². The van der Waals surface area contributed by atoms with Gasteiger partial charge in [0, 0.05) is 0 Å². The number of hydrogen-bond acceptors (Lipinski definition) is 7. The van der Waals surface area contributed by atoms with Crippen LogP contribution in [0.25, 0.3) is 0 Å². The molecule has 0 aliphatic heterocycles. The fourth-order valence-corrected chi connectivity index (χ4v) is 1.73. The van der Waals surface area contributed by atoms with Crippen molar-refractivity contribution in [2.24, 2.45) is 5.14 Å². The summed E-state index contributed by atoms with van der Waals surface area (Å²) in [5, 5.41) is 14.0. The van der Waals surface area contributed by atoms with Gasteiger partial charge in [0.2, 0.25) is 5.03 Å². The highest BCUT2D eigenvalue weighted by Crippen LogP contribution is 2.35. The first kappa shape index (κ1) is 15.9. The van der Waals surface area contributed by atoms with Crippen LogP contribution in [0.3, 0.4) is 0 Å². The highest BCUT2D eigenvalue weighted by molar-refractivity contribution is 7.89. The first-order valence-electron chi connectivity index (χ1n) is 4.47. The van der Waals surface area contributed by atoms with E-state index in [1.54, 1.807) is 0 Å². The van der Waals surface area contributed by atoms with Gasteiger partial charge in [-0.15, -0.1) is 13.2 Å². The van der Waals surface area contributed by atoms with Crippen molar-refractivity contribution in [2.75, 3.05) is 7.11 Å². The summed E-state index contributed by atoms with van der Waals surface area (Å²) in [5.41, 5.74) is -1.01. The number of pyridine rings is 1. The van der Waals surface area contributed by atoms with E-state index in [2.05, 4.69) is 19.6 Å². The number of ether oxygens (including phenoxy) is 2. The number of hydrogen-bond donors (Lipinski definition) is 1. The molecule has 0 saturated heterocycles. The molecule has 0 saturated carbocycles. The Labute approximate surface area is 109 Å². The zero-order valence-electron chi connectivity index (χ0n) is 9.54. The molecule has 1 rings (SSSR count). The first-order chi connectivity index (χ1) is 8.95. The molecule has 0 spiro atoms. The minimum Gasteiger partial charge on any atom is -0.476 e. The summed E-state index contributed by atoms with van der Waals surface area (Å²) >= 11 is 0. The summed E-state index contributed by atoms with van der Waals surface area (Å²) < 4.78 is 66.5. The van der Waals surface area contributed by atoms with E-state index in [4.69, 9.17) is 0 Å². The topological polar surface area (TPSA) is 135 Å². The molecule has 0 fully saturated rings. The molecule has 0 bridgehead atoms. The van der Waals surface area contributed by atoms with E-state index in [1.165, 1.54) is 0 Å². The van der Waals surface area contributed by atoms with Crippen LogP contribution in [0.4, 0.5) is 18.9 Å². The Kier molecular flexibility index (Phi) is 4.04. The summed E-state index contributed by atoms with van der Waals surface area (Å²) in [7, 11) is -3.81. The highest BCUT2D eigenvalue weighted by atomic mass is 32.2. The van der Waals surface area contributed by atoms with Crippen molar-refractivity contribution in [1.82, 2.24) is 4.98 Å². The average Bonchev–Trinajstić information content (AvgIpc) is 2.24. The molecule has 0 aliphatic carbocycles. The second kappa shape index (κ2) is 5.09. The van der Waals surface area contributed by atoms with Gasteiger partial charge < -0.3 is 9.47 Å². The van der Waals surface area contributed by atoms with E-state index in [9.17, 15) is 31.7 Å². The summed E-state index contributed by atoms with van der Waals surface area (Å²) in [6.45, 7) is 0. The smallest absolute Gasteiger partial charge is 0.476 e. The summed E-state index contributed by atoms with van der Waals surface area (Å²) in [6, 6.07) is 0.207. The van der Waals surface area contributed by atoms with Gasteiger partial charge in [0.15, 0.2) is 5.75 Å². The molecule has 1 aromatic heterocycles. The third-order valence-corrected chi connectivity index (χ3v) is 2.62. The van der Waals surface area contributed by atoms with Gasteiger partial charge >= 0.3 is 12.0 Å². The predicted octanol–water partition coefficient (Wildman–Crippen LogP) is 0.544. The summed E-state index contributed by atoms with van der Waals surface area (Å²) in [5.74, 6) is -2.25. The number of nitrogens with zero attached hydrogens (tertiary/aromatic N) is 2. The van der Waals surface area contributed by atoms with Gasteiger partial charge in [0.1, 0.15) is 0 Å². The molecular formula is C7H6F3N3O6S. The molecular weight excluding hydrogens is 311 g/mol. The number of nitrogens with two attached hydrogens (primary N) is 1. The van der Waals surface area contributed by atoms with E-state index < -0.39 is 43.7 Å². The van der Waals surface area contributed by atoms with Crippen LogP contribution in [0.2, 0.25) is 0 Å². The number of alkyl halides is 3. The fourth-order valence-electron chi connectivity index (χ4n) is 1.13. The lowest BCUT2D eigenvalue weighted by molar-refractivity contribution is -0.386. The Bertz CT molecular complexity index is 644. The van der Waals surface area contributed by atoms with Crippen molar-refractivity contribution in [3.05, 3.63) is 16.2 Å². The Hall–Kier alpha value is -2.15. The van der Waals surface area contributed by atoms with Crippen molar-refractivity contribution < 1.29 is 36.0 Å². The molecule has 20 heavy (non-hydrogen) atoms. The molecule has 1 aromatic rings. The van der Waals surface area contributed by atoms with Crippen LogP contribution < -0.4 is 14.6 Å². The maximum absolute atomic E-state index is 12.1. The number of nitro groups is 1. The van der Waals surface area contributed by atoms with Gasteiger partial charge in [-0.05, 0) is 0 Å². The Morgan fingerprint density at radius 1 is 1.45 bits per heavy atom. The molecule has 112 valence electrons. The minimum atomic E-state index is -5.29. The predicted molar refractivity (Wildman–Crippen MR) is 55.5 cm³/mol. The molecule has 2 N–H and O–H groups in total. The van der Waals surface area contributed by atoms with Crippen LogP contribution in [0.15, 0.2) is 11.1 Å². The number of primary sulfonamides is 1. The van der Waals surface area contributed by atoms with Crippen molar-refractivity contribution >= 4 is 15.7 Å². The number of rotatable bonds is 4. The zero-order chi connectivity index (χ0) is 15.7. The number of sulfonamides is 1. The largest absolute Gasteiger partial charge is 0.573 e. The second-order valence-electron chi connectivity index (χ2n) is 3.17. The summed E-state index contributed by atoms with van der Waals surface area (Å²) in [6.07, 6.45) is -5.29. The number of aromatic nitrogens is 1. The maximum atomic E-state index is 12.1.